The quantitative estimate of drug-likeness (QED) is 0.746. The lowest BCUT2D eigenvalue weighted by Gasteiger charge is -2.34. The van der Waals surface area contributed by atoms with Gasteiger partial charge >= 0.3 is 6.03 Å². The van der Waals surface area contributed by atoms with Crippen LogP contribution in [0.1, 0.15) is 24.3 Å². The van der Waals surface area contributed by atoms with Crippen LogP contribution in [0.3, 0.4) is 0 Å². The van der Waals surface area contributed by atoms with Crippen molar-refractivity contribution in [1.29, 1.82) is 0 Å². The minimum Gasteiger partial charge on any atom is -0.394 e. The topological polar surface area (TPSA) is 65.0 Å². The predicted molar refractivity (Wildman–Crippen MR) is 93.4 cm³/mol. The summed E-state index contributed by atoms with van der Waals surface area (Å²) in [5, 5.41) is 11.8. The third-order valence-electron chi connectivity index (χ3n) is 4.67. The number of nitrogens with zero attached hydrogens (tertiary/aromatic N) is 2. The van der Waals surface area contributed by atoms with E-state index in [0.29, 0.717) is 19.1 Å². The van der Waals surface area contributed by atoms with Crippen LogP contribution in [-0.4, -0.2) is 73.5 Å². The number of hydrogen-bond donors (Lipinski definition) is 2. The molecule has 0 atom stereocenters. The number of piperazine rings is 1. The van der Waals surface area contributed by atoms with Gasteiger partial charge in [-0.05, 0) is 30.4 Å². The fourth-order valence-corrected chi connectivity index (χ4v) is 3.09. The lowest BCUT2D eigenvalue weighted by atomic mass is 10.1. The highest BCUT2D eigenvalue weighted by atomic mass is 16.5. The summed E-state index contributed by atoms with van der Waals surface area (Å²) in [7, 11) is 0. The molecule has 1 aromatic rings. The molecule has 6 nitrogen and oxygen atoms in total. The Morgan fingerprint density at radius 2 is 1.92 bits per heavy atom. The van der Waals surface area contributed by atoms with E-state index in [1.54, 1.807) is 0 Å². The van der Waals surface area contributed by atoms with E-state index >= 15 is 0 Å². The fraction of sp³-hybridized carbons (Fsp3) is 0.611. The van der Waals surface area contributed by atoms with Crippen molar-refractivity contribution in [3.8, 4) is 0 Å². The molecule has 0 unspecified atom stereocenters. The van der Waals surface area contributed by atoms with Crippen LogP contribution in [0.2, 0.25) is 0 Å². The van der Waals surface area contributed by atoms with Crippen molar-refractivity contribution in [2.45, 2.75) is 18.8 Å². The molecule has 2 amide bonds. The van der Waals surface area contributed by atoms with Crippen molar-refractivity contribution < 1.29 is 14.6 Å². The Morgan fingerprint density at radius 1 is 1.17 bits per heavy atom. The number of hydrogen-bond acceptors (Lipinski definition) is 4. The Kier molecular flexibility index (Phi) is 6.07. The second-order valence-corrected chi connectivity index (χ2v) is 6.46. The van der Waals surface area contributed by atoms with Crippen LogP contribution < -0.4 is 5.32 Å². The van der Waals surface area contributed by atoms with Crippen LogP contribution in [0.25, 0.3) is 0 Å². The highest BCUT2D eigenvalue weighted by molar-refractivity contribution is 5.90. The summed E-state index contributed by atoms with van der Waals surface area (Å²) >= 11 is 0. The van der Waals surface area contributed by atoms with Crippen LogP contribution in [0.5, 0.6) is 0 Å². The second-order valence-electron chi connectivity index (χ2n) is 6.46. The first-order valence-corrected chi connectivity index (χ1v) is 8.83. The average Bonchev–Trinajstić information content (AvgIpc) is 3.45. The lowest BCUT2D eigenvalue weighted by molar-refractivity contribution is 0.0627. The molecule has 132 valence electrons. The summed E-state index contributed by atoms with van der Waals surface area (Å²) in [5.41, 5.74) is 2.23. The molecule has 1 aliphatic carbocycles. The van der Waals surface area contributed by atoms with Gasteiger partial charge in [0.05, 0.1) is 19.8 Å². The van der Waals surface area contributed by atoms with Crippen molar-refractivity contribution in [3.63, 3.8) is 0 Å². The number of carbonyl (C=O) groups is 1. The van der Waals surface area contributed by atoms with E-state index in [-0.39, 0.29) is 12.6 Å². The first-order chi connectivity index (χ1) is 11.8. The van der Waals surface area contributed by atoms with E-state index in [1.165, 1.54) is 18.4 Å². The number of para-hydroxylation sites is 1. The molecule has 2 fully saturated rings. The molecule has 0 aromatic heterocycles. The zero-order valence-corrected chi connectivity index (χ0v) is 14.1. The van der Waals surface area contributed by atoms with Gasteiger partial charge in [-0.25, -0.2) is 4.79 Å². The van der Waals surface area contributed by atoms with Crippen molar-refractivity contribution in [2.24, 2.45) is 0 Å². The minimum absolute atomic E-state index is 0.000666. The normalized spacial score (nSPS) is 18.6. The average molecular weight is 333 g/mol. The number of anilines is 1. The van der Waals surface area contributed by atoms with E-state index in [2.05, 4.69) is 16.3 Å². The molecule has 1 saturated carbocycles. The van der Waals surface area contributed by atoms with E-state index < -0.39 is 0 Å². The summed E-state index contributed by atoms with van der Waals surface area (Å²) in [6.45, 7) is 5.12. The Labute approximate surface area is 143 Å². The van der Waals surface area contributed by atoms with Gasteiger partial charge in [0.1, 0.15) is 0 Å². The summed E-state index contributed by atoms with van der Waals surface area (Å²) in [6, 6.07) is 8.14. The Morgan fingerprint density at radius 3 is 2.62 bits per heavy atom. The van der Waals surface area contributed by atoms with Gasteiger partial charge in [-0.2, -0.15) is 0 Å². The maximum absolute atomic E-state index is 12.5. The smallest absolute Gasteiger partial charge is 0.321 e. The van der Waals surface area contributed by atoms with Crippen LogP contribution in [0.15, 0.2) is 24.3 Å². The van der Waals surface area contributed by atoms with Crippen LogP contribution in [0.4, 0.5) is 10.5 Å². The number of rotatable bonds is 7. The molecule has 1 heterocycles. The van der Waals surface area contributed by atoms with Gasteiger partial charge in [-0.1, -0.05) is 18.2 Å². The number of carbonyl (C=O) groups excluding carboxylic acids is 1. The summed E-state index contributed by atoms with van der Waals surface area (Å²) < 4.78 is 5.30. The van der Waals surface area contributed by atoms with E-state index in [0.717, 1.165) is 38.4 Å². The molecular weight excluding hydrogens is 306 g/mol. The lowest BCUT2D eigenvalue weighted by Crippen LogP contribution is -2.50. The van der Waals surface area contributed by atoms with Gasteiger partial charge in [-0.3, -0.25) is 4.90 Å². The molecule has 3 rings (SSSR count). The van der Waals surface area contributed by atoms with Crippen LogP contribution >= 0.6 is 0 Å². The molecule has 6 heteroatoms. The Balaban J connectivity index is 1.44. The highest BCUT2D eigenvalue weighted by Gasteiger charge is 2.27. The third kappa shape index (κ3) is 4.69. The van der Waals surface area contributed by atoms with Crippen LogP contribution in [-0.2, 0) is 4.74 Å². The van der Waals surface area contributed by atoms with Gasteiger partial charge in [0.2, 0.25) is 0 Å². The number of benzene rings is 1. The largest absolute Gasteiger partial charge is 0.394 e. The molecule has 2 aliphatic rings. The molecule has 1 saturated heterocycles. The Hall–Kier alpha value is -1.63. The van der Waals surface area contributed by atoms with Gasteiger partial charge in [0, 0.05) is 38.4 Å². The maximum atomic E-state index is 12.5. The first kappa shape index (κ1) is 17.2. The van der Waals surface area contributed by atoms with Crippen molar-refractivity contribution >= 4 is 11.7 Å². The molecular formula is C18H27N3O3. The maximum Gasteiger partial charge on any atom is 0.321 e. The summed E-state index contributed by atoms with van der Waals surface area (Å²) in [6.07, 6.45) is 2.45. The molecule has 1 aromatic carbocycles. The predicted octanol–water partition coefficient (Wildman–Crippen LogP) is 1.72. The number of aliphatic hydroxyl groups excluding tert-OH is 1. The first-order valence-electron chi connectivity index (χ1n) is 8.83. The highest BCUT2D eigenvalue weighted by Crippen LogP contribution is 2.43. The molecule has 0 bridgehead atoms. The molecule has 24 heavy (non-hydrogen) atoms. The standard InChI is InChI=1S/C18H27N3O3/c22-12-14-24-13-11-20-7-9-21(10-8-20)18(23)19-17-4-2-1-3-16(17)15-5-6-15/h1-4,15,22H,5-14H2,(H,19,23). The molecule has 2 N–H and O–H groups in total. The second kappa shape index (κ2) is 8.46. The minimum atomic E-state index is -0.000666. The number of urea groups is 1. The Bertz CT molecular complexity index is 540. The van der Waals surface area contributed by atoms with Crippen LogP contribution in [0, 0.1) is 0 Å². The van der Waals surface area contributed by atoms with E-state index in [4.69, 9.17) is 9.84 Å². The van der Waals surface area contributed by atoms with E-state index in [1.807, 2.05) is 23.1 Å². The summed E-state index contributed by atoms with van der Waals surface area (Å²) in [5.74, 6) is 0.622. The van der Waals surface area contributed by atoms with Crippen molar-refractivity contribution in [2.75, 3.05) is 57.9 Å². The van der Waals surface area contributed by atoms with Crippen molar-refractivity contribution in [3.05, 3.63) is 29.8 Å². The zero-order valence-electron chi connectivity index (χ0n) is 14.1. The zero-order chi connectivity index (χ0) is 16.8. The van der Waals surface area contributed by atoms with Gasteiger partial charge in [0.15, 0.2) is 0 Å². The molecule has 0 radical (unpaired) electrons. The monoisotopic (exact) mass is 333 g/mol. The number of aliphatic hydroxyl groups is 1. The third-order valence-corrected chi connectivity index (χ3v) is 4.67. The van der Waals surface area contributed by atoms with Crippen molar-refractivity contribution in [1.82, 2.24) is 9.80 Å². The van der Waals surface area contributed by atoms with E-state index in [9.17, 15) is 4.79 Å². The van der Waals surface area contributed by atoms with Gasteiger partial charge < -0.3 is 20.1 Å². The molecule has 1 aliphatic heterocycles. The number of nitrogens with one attached hydrogen (secondary N) is 1. The van der Waals surface area contributed by atoms with Gasteiger partial charge in [-0.15, -0.1) is 0 Å². The SMILES string of the molecule is O=C(Nc1ccccc1C1CC1)N1CCN(CCOCCO)CC1. The van der Waals surface area contributed by atoms with Gasteiger partial charge in [0.25, 0.3) is 0 Å². The molecule has 0 spiro atoms. The number of amides is 2. The summed E-state index contributed by atoms with van der Waals surface area (Å²) in [4.78, 5) is 16.7. The number of ether oxygens (including phenoxy) is 1. The fourth-order valence-electron chi connectivity index (χ4n) is 3.09.